The SMILES string of the molecule is CN(CC(=O)NCC[C@@H]1CCCOC1)Cc1ccccc1. The number of likely N-dealkylation sites (N-methyl/N-ethyl adjacent to an activating group) is 1. The molecule has 116 valence electrons. The molecule has 1 aliphatic heterocycles. The number of amides is 1. The molecule has 1 N–H and O–H groups in total. The minimum Gasteiger partial charge on any atom is -0.381 e. The average Bonchev–Trinajstić information content (AvgIpc) is 2.49. The molecule has 1 saturated heterocycles. The van der Waals surface area contributed by atoms with E-state index in [2.05, 4.69) is 17.4 Å². The van der Waals surface area contributed by atoms with Gasteiger partial charge >= 0.3 is 0 Å². The Balaban J connectivity index is 1.60. The predicted molar refractivity (Wildman–Crippen MR) is 83.9 cm³/mol. The quantitative estimate of drug-likeness (QED) is 0.835. The minimum atomic E-state index is 0.102. The van der Waals surface area contributed by atoms with Crippen molar-refractivity contribution in [1.82, 2.24) is 10.2 Å². The summed E-state index contributed by atoms with van der Waals surface area (Å²) in [5.41, 5.74) is 1.23. The molecule has 4 nitrogen and oxygen atoms in total. The van der Waals surface area contributed by atoms with Gasteiger partial charge in [0.2, 0.25) is 5.91 Å². The maximum Gasteiger partial charge on any atom is 0.234 e. The van der Waals surface area contributed by atoms with Crippen molar-refractivity contribution in [2.45, 2.75) is 25.8 Å². The van der Waals surface area contributed by atoms with Crippen LogP contribution in [0.5, 0.6) is 0 Å². The van der Waals surface area contributed by atoms with Crippen molar-refractivity contribution in [3.8, 4) is 0 Å². The molecule has 1 amide bonds. The third kappa shape index (κ3) is 6.27. The van der Waals surface area contributed by atoms with Gasteiger partial charge in [-0.05, 0) is 37.8 Å². The number of benzene rings is 1. The molecule has 1 aromatic rings. The molecule has 0 saturated carbocycles. The summed E-state index contributed by atoms with van der Waals surface area (Å²) in [6.45, 7) is 3.74. The first-order chi connectivity index (χ1) is 10.2. The molecule has 0 aromatic heterocycles. The van der Waals surface area contributed by atoms with E-state index in [0.29, 0.717) is 12.5 Å². The van der Waals surface area contributed by atoms with Gasteiger partial charge < -0.3 is 10.1 Å². The lowest BCUT2D eigenvalue weighted by molar-refractivity contribution is -0.122. The molecule has 0 bridgehead atoms. The normalized spacial score (nSPS) is 18.7. The minimum absolute atomic E-state index is 0.102. The number of hydrogen-bond acceptors (Lipinski definition) is 3. The number of nitrogens with one attached hydrogen (secondary N) is 1. The first kappa shape index (κ1) is 16.0. The van der Waals surface area contributed by atoms with Gasteiger partial charge in [0.15, 0.2) is 0 Å². The highest BCUT2D eigenvalue weighted by molar-refractivity contribution is 5.77. The average molecular weight is 290 g/mol. The second kappa shape index (κ2) is 8.80. The van der Waals surface area contributed by atoms with Crippen molar-refractivity contribution in [2.24, 2.45) is 5.92 Å². The van der Waals surface area contributed by atoms with Crippen LogP contribution in [0.15, 0.2) is 30.3 Å². The van der Waals surface area contributed by atoms with Crippen molar-refractivity contribution in [3.05, 3.63) is 35.9 Å². The molecule has 21 heavy (non-hydrogen) atoms. The fourth-order valence-electron chi connectivity index (χ4n) is 2.70. The molecule has 0 aliphatic carbocycles. The number of rotatable bonds is 7. The van der Waals surface area contributed by atoms with Crippen LogP contribution in [-0.4, -0.2) is 44.2 Å². The highest BCUT2D eigenvalue weighted by atomic mass is 16.5. The summed E-state index contributed by atoms with van der Waals surface area (Å²) in [5.74, 6) is 0.714. The largest absolute Gasteiger partial charge is 0.381 e. The number of nitrogens with zero attached hydrogens (tertiary/aromatic N) is 1. The van der Waals surface area contributed by atoms with E-state index in [0.717, 1.165) is 39.1 Å². The lowest BCUT2D eigenvalue weighted by Gasteiger charge is -2.22. The molecule has 1 aromatic carbocycles. The van der Waals surface area contributed by atoms with Crippen LogP contribution >= 0.6 is 0 Å². The van der Waals surface area contributed by atoms with Gasteiger partial charge in [-0.3, -0.25) is 9.69 Å². The van der Waals surface area contributed by atoms with Crippen molar-refractivity contribution in [1.29, 1.82) is 0 Å². The Hall–Kier alpha value is -1.39. The lowest BCUT2D eigenvalue weighted by Crippen LogP contribution is -2.36. The Kier molecular flexibility index (Phi) is 6.70. The Morgan fingerprint density at radius 2 is 2.19 bits per heavy atom. The second-order valence-electron chi connectivity index (χ2n) is 5.88. The maximum absolute atomic E-state index is 11.9. The highest BCUT2D eigenvalue weighted by Gasteiger charge is 2.14. The van der Waals surface area contributed by atoms with E-state index < -0.39 is 0 Å². The molecular weight excluding hydrogens is 264 g/mol. The van der Waals surface area contributed by atoms with Crippen LogP contribution in [0.1, 0.15) is 24.8 Å². The Morgan fingerprint density at radius 1 is 1.38 bits per heavy atom. The van der Waals surface area contributed by atoms with Crippen LogP contribution < -0.4 is 5.32 Å². The molecule has 4 heteroatoms. The van der Waals surface area contributed by atoms with E-state index in [1.807, 2.05) is 30.1 Å². The number of hydrogen-bond donors (Lipinski definition) is 1. The summed E-state index contributed by atoms with van der Waals surface area (Å²) in [6.07, 6.45) is 3.40. The Bertz CT molecular complexity index is 416. The molecule has 0 spiro atoms. The van der Waals surface area contributed by atoms with E-state index >= 15 is 0 Å². The summed E-state index contributed by atoms with van der Waals surface area (Å²) in [7, 11) is 1.97. The molecule has 1 heterocycles. The zero-order valence-electron chi connectivity index (χ0n) is 12.9. The van der Waals surface area contributed by atoms with Gasteiger partial charge in [-0.2, -0.15) is 0 Å². The fourth-order valence-corrected chi connectivity index (χ4v) is 2.70. The van der Waals surface area contributed by atoms with Gasteiger partial charge in [-0.25, -0.2) is 0 Å². The summed E-state index contributed by atoms with van der Waals surface area (Å²) < 4.78 is 5.45. The van der Waals surface area contributed by atoms with Crippen LogP contribution in [0.25, 0.3) is 0 Å². The predicted octanol–water partition coefficient (Wildman–Crippen LogP) is 2.05. The molecule has 1 atom stereocenters. The highest BCUT2D eigenvalue weighted by Crippen LogP contribution is 2.16. The van der Waals surface area contributed by atoms with Crippen LogP contribution in [0.4, 0.5) is 0 Å². The third-order valence-corrected chi connectivity index (χ3v) is 3.84. The fraction of sp³-hybridized carbons (Fsp3) is 0.588. The Labute approximate surface area is 127 Å². The monoisotopic (exact) mass is 290 g/mol. The number of carbonyl (C=O) groups is 1. The first-order valence-corrected chi connectivity index (χ1v) is 7.81. The maximum atomic E-state index is 11.9. The van der Waals surface area contributed by atoms with Crippen molar-refractivity contribution >= 4 is 5.91 Å². The van der Waals surface area contributed by atoms with Gasteiger partial charge in [0.1, 0.15) is 0 Å². The van der Waals surface area contributed by atoms with E-state index in [9.17, 15) is 4.79 Å². The summed E-state index contributed by atoms with van der Waals surface area (Å²) in [6, 6.07) is 10.2. The third-order valence-electron chi connectivity index (χ3n) is 3.84. The molecule has 1 aliphatic rings. The van der Waals surface area contributed by atoms with Gasteiger partial charge in [-0.1, -0.05) is 30.3 Å². The van der Waals surface area contributed by atoms with Crippen molar-refractivity contribution in [2.75, 3.05) is 33.4 Å². The van der Waals surface area contributed by atoms with E-state index in [1.54, 1.807) is 0 Å². The van der Waals surface area contributed by atoms with Crippen LogP contribution in [0.3, 0.4) is 0 Å². The van der Waals surface area contributed by atoms with E-state index in [-0.39, 0.29) is 5.91 Å². The molecule has 2 rings (SSSR count). The van der Waals surface area contributed by atoms with Gasteiger partial charge in [-0.15, -0.1) is 0 Å². The van der Waals surface area contributed by atoms with Crippen molar-refractivity contribution < 1.29 is 9.53 Å². The second-order valence-corrected chi connectivity index (χ2v) is 5.88. The lowest BCUT2D eigenvalue weighted by atomic mass is 9.99. The standard InChI is InChI=1S/C17H26N2O2/c1-19(12-15-6-3-2-4-7-15)13-17(20)18-10-9-16-8-5-11-21-14-16/h2-4,6-7,16H,5,8-14H2,1H3,(H,18,20)/t16-/m0/s1. The van der Waals surface area contributed by atoms with E-state index in [1.165, 1.54) is 12.0 Å². The molecule has 0 unspecified atom stereocenters. The first-order valence-electron chi connectivity index (χ1n) is 7.81. The van der Waals surface area contributed by atoms with Crippen LogP contribution in [0, 0.1) is 5.92 Å². The number of carbonyl (C=O) groups excluding carboxylic acids is 1. The molecule has 1 fully saturated rings. The zero-order valence-corrected chi connectivity index (χ0v) is 12.9. The summed E-state index contributed by atoms with van der Waals surface area (Å²) in [4.78, 5) is 13.9. The van der Waals surface area contributed by atoms with Gasteiger partial charge in [0, 0.05) is 26.3 Å². The summed E-state index contributed by atoms with van der Waals surface area (Å²) >= 11 is 0. The van der Waals surface area contributed by atoms with E-state index in [4.69, 9.17) is 4.74 Å². The van der Waals surface area contributed by atoms with Crippen LogP contribution in [0.2, 0.25) is 0 Å². The molecular formula is C17H26N2O2. The summed E-state index contributed by atoms with van der Waals surface area (Å²) in [5, 5.41) is 3.01. The topological polar surface area (TPSA) is 41.6 Å². The van der Waals surface area contributed by atoms with Crippen LogP contribution in [-0.2, 0) is 16.1 Å². The zero-order chi connectivity index (χ0) is 14.9. The van der Waals surface area contributed by atoms with Gasteiger partial charge in [0.05, 0.1) is 6.54 Å². The van der Waals surface area contributed by atoms with Gasteiger partial charge in [0.25, 0.3) is 0 Å². The smallest absolute Gasteiger partial charge is 0.234 e. The van der Waals surface area contributed by atoms with Crippen molar-refractivity contribution in [3.63, 3.8) is 0 Å². The Morgan fingerprint density at radius 3 is 2.90 bits per heavy atom. The molecule has 0 radical (unpaired) electrons. The number of ether oxygens (including phenoxy) is 1.